The van der Waals surface area contributed by atoms with Gasteiger partial charge in [0.1, 0.15) is 5.82 Å². The lowest BCUT2D eigenvalue weighted by Crippen LogP contribution is -2.37. The minimum absolute atomic E-state index is 0.00951. The van der Waals surface area contributed by atoms with Crippen LogP contribution in [0, 0.1) is 5.82 Å². The normalized spacial score (nSPS) is 12.0. The molecule has 0 radical (unpaired) electrons. The summed E-state index contributed by atoms with van der Waals surface area (Å²) in [5, 5.41) is 2.79. The van der Waals surface area contributed by atoms with Gasteiger partial charge in [-0.25, -0.2) is 4.39 Å². The van der Waals surface area contributed by atoms with Crippen LogP contribution in [0.1, 0.15) is 15.9 Å². The molecule has 0 fully saturated rings. The first-order chi connectivity index (χ1) is 10.1. The van der Waals surface area contributed by atoms with Gasteiger partial charge in [0.25, 0.3) is 5.91 Å². The standard InChI is InChI=1S/C16H14Cl2FNO/c17-10-13(8-11-4-2-1-3-5-11)20-16(21)12-6-7-14(18)15(19)9-12/h1-7,9,13H,8,10H2,(H,20,21). The van der Waals surface area contributed by atoms with Crippen molar-refractivity contribution in [2.45, 2.75) is 12.5 Å². The molecule has 0 spiro atoms. The molecule has 21 heavy (non-hydrogen) atoms. The van der Waals surface area contributed by atoms with E-state index in [1.54, 1.807) is 0 Å². The van der Waals surface area contributed by atoms with Gasteiger partial charge in [-0.05, 0) is 30.2 Å². The van der Waals surface area contributed by atoms with Gasteiger partial charge in [0.15, 0.2) is 0 Å². The van der Waals surface area contributed by atoms with E-state index in [-0.39, 0.29) is 28.4 Å². The summed E-state index contributed by atoms with van der Waals surface area (Å²) in [6, 6.07) is 13.4. The highest BCUT2D eigenvalue weighted by Crippen LogP contribution is 2.16. The van der Waals surface area contributed by atoms with Gasteiger partial charge in [-0.15, -0.1) is 11.6 Å². The Labute approximate surface area is 132 Å². The third-order valence-corrected chi connectivity index (χ3v) is 3.71. The number of alkyl halides is 1. The monoisotopic (exact) mass is 325 g/mol. The smallest absolute Gasteiger partial charge is 0.251 e. The fourth-order valence-electron chi connectivity index (χ4n) is 1.95. The second-order valence-electron chi connectivity index (χ2n) is 4.64. The van der Waals surface area contributed by atoms with Gasteiger partial charge in [0.05, 0.1) is 5.02 Å². The third-order valence-electron chi connectivity index (χ3n) is 3.03. The number of hydrogen-bond acceptors (Lipinski definition) is 1. The first kappa shape index (κ1) is 15.8. The van der Waals surface area contributed by atoms with Crippen LogP contribution in [0.5, 0.6) is 0 Å². The zero-order valence-corrected chi connectivity index (χ0v) is 12.7. The van der Waals surface area contributed by atoms with E-state index in [1.807, 2.05) is 30.3 Å². The number of amides is 1. The predicted molar refractivity (Wildman–Crippen MR) is 83.5 cm³/mol. The van der Waals surface area contributed by atoms with Gasteiger partial charge >= 0.3 is 0 Å². The van der Waals surface area contributed by atoms with Crippen LogP contribution in [0.15, 0.2) is 48.5 Å². The van der Waals surface area contributed by atoms with Crippen LogP contribution in [-0.2, 0) is 6.42 Å². The molecule has 2 rings (SSSR count). The van der Waals surface area contributed by atoms with Crippen molar-refractivity contribution in [2.75, 3.05) is 5.88 Å². The van der Waals surface area contributed by atoms with Crippen molar-refractivity contribution in [3.8, 4) is 0 Å². The molecule has 0 bridgehead atoms. The SMILES string of the molecule is O=C(NC(CCl)Cc1ccccc1)c1ccc(Cl)c(F)c1. The minimum atomic E-state index is -0.616. The average molecular weight is 326 g/mol. The minimum Gasteiger partial charge on any atom is -0.348 e. The van der Waals surface area contributed by atoms with Crippen molar-refractivity contribution in [2.24, 2.45) is 0 Å². The molecule has 0 saturated heterocycles. The van der Waals surface area contributed by atoms with E-state index in [0.717, 1.165) is 11.6 Å². The number of carbonyl (C=O) groups excluding carboxylic acids is 1. The highest BCUT2D eigenvalue weighted by Gasteiger charge is 2.14. The Hall–Kier alpha value is -1.58. The lowest BCUT2D eigenvalue weighted by atomic mass is 10.1. The maximum atomic E-state index is 13.4. The highest BCUT2D eigenvalue weighted by atomic mass is 35.5. The first-order valence-corrected chi connectivity index (χ1v) is 7.37. The second kappa shape index (κ2) is 7.43. The maximum Gasteiger partial charge on any atom is 0.251 e. The van der Waals surface area contributed by atoms with Gasteiger partial charge < -0.3 is 5.32 Å². The largest absolute Gasteiger partial charge is 0.348 e. The molecule has 5 heteroatoms. The van der Waals surface area contributed by atoms with Crippen molar-refractivity contribution < 1.29 is 9.18 Å². The zero-order valence-electron chi connectivity index (χ0n) is 11.2. The summed E-state index contributed by atoms with van der Waals surface area (Å²) in [7, 11) is 0. The third kappa shape index (κ3) is 4.45. The van der Waals surface area contributed by atoms with Gasteiger partial charge in [-0.2, -0.15) is 0 Å². The van der Waals surface area contributed by atoms with Crippen LogP contribution >= 0.6 is 23.2 Å². The van der Waals surface area contributed by atoms with Crippen LogP contribution in [0.4, 0.5) is 4.39 Å². The van der Waals surface area contributed by atoms with E-state index < -0.39 is 5.82 Å². The van der Waals surface area contributed by atoms with Gasteiger partial charge in [-0.3, -0.25) is 4.79 Å². The number of carbonyl (C=O) groups is 1. The number of nitrogens with one attached hydrogen (secondary N) is 1. The zero-order chi connectivity index (χ0) is 15.2. The van der Waals surface area contributed by atoms with E-state index in [2.05, 4.69) is 5.32 Å². The lowest BCUT2D eigenvalue weighted by molar-refractivity contribution is 0.0940. The van der Waals surface area contributed by atoms with E-state index in [0.29, 0.717) is 6.42 Å². The molecule has 2 nitrogen and oxygen atoms in total. The second-order valence-corrected chi connectivity index (χ2v) is 5.36. The predicted octanol–water partition coefficient (Wildman–Crippen LogP) is 4.06. The van der Waals surface area contributed by atoms with Gasteiger partial charge in [-0.1, -0.05) is 41.9 Å². The van der Waals surface area contributed by atoms with Crippen LogP contribution in [-0.4, -0.2) is 17.8 Å². The highest BCUT2D eigenvalue weighted by molar-refractivity contribution is 6.30. The fourth-order valence-corrected chi connectivity index (χ4v) is 2.25. The van der Waals surface area contributed by atoms with Crippen molar-refractivity contribution >= 4 is 29.1 Å². The number of hydrogen-bond donors (Lipinski definition) is 1. The first-order valence-electron chi connectivity index (χ1n) is 6.46. The van der Waals surface area contributed by atoms with Crippen molar-refractivity contribution in [1.29, 1.82) is 0 Å². The Kier molecular flexibility index (Phi) is 5.59. The van der Waals surface area contributed by atoms with Crippen molar-refractivity contribution in [3.63, 3.8) is 0 Å². The molecule has 0 aliphatic heterocycles. The molecule has 2 aromatic rings. The molecule has 1 unspecified atom stereocenters. The van der Waals surface area contributed by atoms with Gasteiger partial charge in [0, 0.05) is 17.5 Å². The van der Waals surface area contributed by atoms with Crippen LogP contribution in [0.25, 0.3) is 0 Å². The van der Waals surface area contributed by atoms with Gasteiger partial charge in [0.2, 0.25) is 0 Å². The van der Waals surface area contributed by atoms with E-state index in [9.17, 15) is 9.18 Å². The molecule has 0 saturated carbocycles. The molecule has 0 aromatic heterocycles. The Bertz CT molecular complexity index is 619. The molecule has 0 aliphatic rings. The summed E-state index contributed by atoms with van der Waals surface area (Å²) in [5.41, 5.74) is 1.30. The Balaban J connectivity index is 2.04. The summed E-state index contributed by atoms with van der Waals surface area (Å²) in [4.78, 5) is 12.1. The molecule has 1 atom stereocenters. The van der Waals surface area contributed by atoms with E-state index >= 15 is 0 Å². The molecule has 0 heterocycles. The molecule has 1 amide bonds. The number of halogens is 3. The van der Waals surface area contributed by atoms with Crippen LogP contribution in [0.3, 0.4) is 0 Å². The van der Waals surface area contributed by atoms with Crippen LogP contribution in [0.2, 0.25) is 5.02 Å². The maximum absolute atomic E-state index is 13.4. The number of benzene rings is 2. The molecule has 2 aromatic carbocycles. The fraction of sp³-hybridized carbons (Fsp3) is 0.188. The summed E-state index contributed by atoms with van der Waals surface area (Å²) in [5.74, 6) is -0.710. The molecule has 1 N–H and O–H groups in total. The number of rotatable bonds is 5. The molecule has 0 aliphatic carbocycles. The Morgan fingerprint density at radius 1 is 1.19 bits per heavy atom. The van der Waals surface area contributed by atoms with Crippen molar-refractivity contribution in [3.05, 3.63) is 70.5 Å². The Morgan fingerprint density at radius 2 is 1.90 bits per heavy atom. The van der Waals surface area contributed by atoms with E-state index in [1.165, 1.54) is 12.1 Å². The molecular formula is C16H14Cl2FNO. The average Bonchev–Trinajstić information content (AvgIpc) is 2.50. The summed E-state index contributed by atoms with van der Waals surface area (Å²) in [6.07, 6.45) is 0.617. The van der Waals surface area contributed by atoms with E-state index in [4.69, 9.17) is 23.2 Å². The lowest BCUT2D eigenvalue weighted by Gasteiger charge is -2.16. The van der Waals surface area contributed by atoms with Crippen LogP contribution < -0.4 is 5.32 Å². The van der Waals surface area contributed by atoms with Crippen molar-refractivity contribution in [1.82, 2.24) is 5.32 Å². The topological polar surface area (TPSA) is 29.1 Å². The molecular weight excluding hydrogens is 312 g/mol. The summed E-state index contributed by atoms with van der Waals surface area (Å²) >= 11 is 11.5. The molecule has 110 valence electrons. The Morgan fingerprint density at radius 3 is 2.52 bits per heavy atom. The summed E-state index contributed by atoms with van der Waals surface area (Å²) < 4.78 is 13.4. The summed E-state index contributed by atoms with van der Waals surface area (Å²) in [6.45, 7) is 0. The quantitative estimate of drug-likeness (QED) is 0.825.